The van der Waals surface area contributed by atoms with Gasteiger partial charge in [0.15, 0.2) is 5.78 Å². The molecule has 2 nitrogen and oxygen atoms in total. The van der Waals surface area contributed by atoms with Gasteiger partial charge in [-0.3, -0.25) is 4.79 Å². The second kappa shape index (κ2) is 8.45. The highest BCUT2D eigenvalue weighted by Gasteiger charge is 1.98. The van der Waals surface area contributed by atoms with Crippen LogP contribution in [0.25, 0.3) is 0 Å². The van der Waals surface area contributed by atoms with E-state index < -0.39 is 0 Å². The zero-order chi connectivity index (χ0) is 12.3. The van der Waals surface area contributed by atoms with Crippen molar-refractivity contribution in [2.24, 2.45) is 0 Å². The van der Waals surface area contributed by atoms with Gasteiger partial charge in [0.1, 0.15) is 6.29 Å². The zero-order valence-electron chi connectivity index (χ0n) is 9.97. The molecule has 0 amide bonds. The van der Waals surface area contributed by atoms with E-state index in [4.69, 9.17) is 0 Å². The molecule has 1 aromatic carbocycles. The monoisotopic (exact) mass is 230 g/mol. The smallest absolute Gasteiger partial charge is 0.185 e. The van der Waals surface area contributed by atoms with Crippen LogP contribution in [0.2, 0.25) is 0 Å². The summed E-state index contributed by atoms with van der Waals surface area (Å²) >= 11 is 0. The van der Waals surface area contributed by atoms with Crippen LogP contribution in [0, 0.1) is 0 Å². The quantitative estimate of drug-likeness (QED) is 0.296. The summed E-state index contributed by atoms with van der Waals surface area (Å²) in [7, 11) is 0. The lowest BCUT2D eigenvalue weighted by molar-refractivity contribution is -0.107. The van der Waals surface area contributed by atoms with Crippen LogP contribution in [0.15, 0.2) is 42.5 Å². The lowest BCUT2D eigenvalue weighted by atomic mass is 10.1. The first-order valence-electron chi connectivity index (χ1n) is 6.04. The van der Waals surface area contributed by atoms with Crippen molar-refractivity contribution in [3.05, 3.63) is 48.0 Å². The van der Waals surface area contributed by atoms with Crippen LogP contribution in [0.3, 0.4) is 0 Å². The number of unbranched alkanes of at least 4 members (excludes halogenated alkanes) is 4. The predicted molar refractivity (Wildman–Crippen MR) is 69.1 cm³/mol. The fourth-order valence-electron chi connectivity index (χ4n) is 1.56. The fraction of sp³-hybridized carbons (Fsp3) is 0.333. The van der Waals surface area contributed by atoms with Crippen LogP contribution in [0.5, 0.6) is 0 Å². The van der Waals surface area contributed by atoms with Crippen LogP contribution in [-0.4, -0.2) is 12.1 Å². The lowest BCUT2D eigenvalue weighted by Gasteiger charge is -1.95. The third-order valence-corrected chi connectivity index (χ3v) is 2.52. The summed E-state index contributed by atoms with van der Waals surface area (Å²) in [6.45, 7) is 0. The molecule has 0 bridgehead atoms. The largest absolute Gasteiger partial charge is 0.303 e. The van der Waals surface area contributed by atoms with E-state index in [0.717, 1.165) is 37.5 Å². The molecule has 0 heterocycles. The first-order valence-corrected chi connectivity index (χ1v) is 6.04. The highest BCUT2D eigenvalue weighted by atomic mass is 16.1. The average Bonchev–Trinajstić information content (AvgIpc) is 2.38. The second-order valence-corrected chi connectivity index (χ2v) is 3.94. The van der Waals surface area contributed by atoms with Crippen molar-refractivity contribution < 1.29 is 9.59 Å². The number of ketones is 1. The lowest BCUT2D eigenvalue weighted by Crippen LogP contribution is -1.92. The Morgan fingerprint density at radius 1 is 1.00 bits per heavy atom. The van der Waals surface area contributed by atoms with Gasteiger partial charge in [-0.15, -0.1) is 0 Å². The van der Waals surface area contributed by atoms with Crippen LogP contribution >= 0.6 is 0 Å². The Kier molecular flexibility index (Phi) is 6.64. The summed E-state index contributed by atoms with van der Waals surface area (Å²) in [5.74, 6) is 0.0542. The van der Waals surface area contributed by atoms with Crippen molar-refractivity contribution in [1.29, 1.82) is 0 Å². The van der Waals surface area contributed by atoms with Gasteiger partial charge in [-0.25, -0.2) is 0 Å². The second-order valence-electron chi connectivity index (χ2n) is 3.94. The van der Waals surface area contributed by atoms with Crippen molar-refractivity contribution in [1.82, 2.24) is 0 Å². The zero-order valence-corrected chi connectivity index (χ0v) is 9.97. The fourth-order valence-corrected chi connectivity index (χ4v) is 1.56. The molecule has 1 aromatic rings. The third-order valence-electron chi connectivity index (χ3n) is 2.52. The maximum atomic E-state index is 11.6. The van der Waals surface area contributed by atoms with Gasteiger partial charge in [0.05, 0.1) is 0 Å². The van der Waals surface area contributed by atoms with E-state index in [2.05, 4.69) is 0 Å². The van der Waals surface area contributed by atoms with Crippen LogP contribution < -0.4 is 0 Å². The Hall–Kier alpha value is -1.70. The van der Waals surface area contributed by atoms with E-state index in [-0.39, 0.29) is 5.78 Å². The molecule has 0 spiro atoms. The first kappa shape index (κ1) is 13.4. The molecule has 0 atom stereocenters. The van der Waals surface area contributed by atoms with Gasteiger partial charge in [-0.05, 0) is 25.3 Å². The van der Waals surface area contributed by atoms with E-state index in [0.29, 0.717) is 6.42 Å². The predicted octanol–water partition coefficient (Wildman–Crippen LogP) is 3.57. The molecule has 0 aliphatic heterocycles. The van der Waals surface area contributed by atoms with Crippen molar-refractivity contribution in [2.45, 2.75) is 32.1 Å². The number of benzene rings is 1. The molecule has 0 N–H and O–H groups in total. The Morgan fingerprint density at radius 3 is 2.41 bits per heavy atom. The van der Waals surface area contributed by atoms with Gasteiger partial charge in [-0.2, -0.15) is 0 Å². The summed E-state index contributed by atoms with van der Waals surface area (Å²) in [4.78, 5) is 21.7. The number of hydrogen-bond acceptors (Lipinski definition) is 2. The Morgan fingerprint density at radius 2 is 1.71 bits per heavy atom. The molecule has 0 aromatic heterocycles. The van der Waals surface area contributed by atoms with Crippen LogP contribution in [0.4, 0.5) is 0 Å². The van der Waals surface area contributed by atoms with Crippen molar-refractivity contribution >= 4 is 12.1 Å². The molecular weight excluding hydrogens is 212 g/mol. The Balaban J connectivity index is 2.21. The molecule has 0 fully saturated rings. The van der Waals surface area contributed by atoms with E-state index >= 15 is 0 Å². The van der Waals surface area contributed by atoms with Gasteiger partial charge in [-0.1, -0.05) is 42.8 Å². The molecule has 0 aliphatic carbocycles. The Bertz CT molecular complexity index is 366. The van der Waals surface area contributed by atoms with Gasteiger partial charge >= 0.3 is 0 Å². The number of allylic oxidation sites excluding steroid dienone is 2. The maximum absolute atomic E-state index is 11.6. The minimum Gasteiger partial charge on any atom is -0.303 e. The molecule has 0 saturated heterocycles. The van der Waals surface area contributed by atoms with Crippen molar-refractivity contribution in [2.75, 3.05) is 0 Å². The molecule has 0 unspecified atom stereocenters. The van der Waals surface area contributed by atoms with E-state index in [9.17, 15) is 9.59 Å². The molecule has 17 heavy (non-hydrogen) atoms. The standard InChI is InChI=1S/C15H18O2/c16-13-9-4-2-1-3-8-12-15(17)14-10-6-5-7-11-14/h5-8,10-13H,1-4,9H2/b12-8+. The van der Waals surface area contributed by atoms with Gasteiger partial charge < -0.3 is 4.79 Å². The SMILES string of the molecule is O=CCCCCC/C=C/C(=O)c1ccccc1. The van der Waals surface area contributed by atoms with E-state index in [1.165, 1.54) is 0 Å². The molecule has 2 heteroatoms. The number of carbonyl (C=O) groups is 2. The molecule has 90 valence electrons. The maximum Gasteiger partial charge on any atom is 0.185 e. The summed E-state index contributed by atoms with van der Waals surface area (Å²) in [5.41, 5.74) is 0.727. The van der Waals surface area contributed by atoms with Gasteiger partial charge in [0.2, 0.25) is 0 Å². The summed E-state index contributed by atoms with van der Waals surface area (Å²) < 4.78 is 0. The van der Waals surface area contributed by atoms with Gasteiger partial charge in [0, 0.05) is 12.0 Å². The summed E-state index contributed by atoms with van der Waals surface area (Å²) in [5, 5.41) is 0. The minimum absolute atomic E-state index is 0.0542. The normalized spacial score (nSPS) is 10.6. The van der Waals surface area contributed by atoms with Gasteiger partial charge in [0.25, 0.3) is 0 Å². The molecule has 0 saturated carbocycles. The number of rotatable bonds is 8. The Labute approximate surface area is 102 Å². The summed E-state index contributed by atoms with van der Waals surface area (Å²) in [6.07, 6.45) is 9.07. The molecular formula is C15H18O2. The topological polar surface area (TPSA) is 34.1 Å². The van der Waals surface area contributed by atoms with Crippen LogP contribution in [-0.2, 0) is 4.79 Å². The van der Waals surface area contributed by atoms with Crippen molar-refractivity contribution in [3.8, 4) is 0 Å². The average molecular weight is 230 g/mol. The third kappa shape index (κ3) is 5.81. The molecule has 1 rings (SSSR count). The van der Waals surface area contributed by atoms with E-state index in [1.54, 1.807) is 6.08 Å². The molecule has 0 radical (unpaired) electrons. The molecule has 0 aliphatic rings. The van der Waals surface area contributed by atoms with E-state index in [1.807, 2.05) is 36.4 Å². The highest BCUT2D eigenvalue weighted by molar-refractivity contribution is 6.04. The number of hydrogen-bond donors (Lipinski definition) is 0. The van der Waals surface area contributed by atoms with Crippen LogP contribution in [0.1, 0.15) is 42.5 Å². The first-order chi connectivity index (χ1) is 8.34. The van der Waals surface area contributed by atoms with Crippen molar-refractivity contribution in [3.63, 3.8) is 0 Å². The highest BCUT2D eigenvalue weighted by Crippen LogP contribution is 2.04. The minimum atomic E-state index is 0.0542. The number of carbonyl (C=O) groups excluding carboxylic acids is 2. The number of aldehydes is 1. The summed E-state index contributed by atoms with van der Waals surface area (Å²) in [6, 6.07) is 9.25.